The zero-order valence-electron chi connectivity index (χ0n) is 16.6. The summed E-state index contributed by atoms with van der Waals surface area (Å²) >= 11 is 5.85. The molecule has 4 rings (SSSR count). The van der Waals surface area contributed by atoms with Gasteiger partial charge in [-0.3, -0.25) is 14.4 Å². The minimum atomic E-state index is -1.59. The summed E-state index contributed by atoms with van der Waals surface area (Å²) in [6.07, 6.45) is -1.24. The molecular formula is C24H17ClN2O5. The molecule has 0 fully saturated rings. The number of anilines is 2. The standard InChI is InChI=1S/C24H17ClN2O5/c25-14-8-10-16(11-9-14)27-23(30)21(29)19(20(28)13-4-3-5-15(26)12-13)22-17-6-1-2-7-18(17)24(31)32-22/h1-12,19,22H,26H2,(H,27,30)/t19-,22-/m0/s1. The van der Waals surface area contributed by atoms with Gasteiger partial charge in [0.1, 0.15) is 12.0 Å². The molecule has 3 aromatic carbocycles. The van der Waals surface area contributed by atoms with Crippen LogP contribution >= 0.6 is 11.6 Å². The molecule has 0 aliphatic carbocycles. The first-order chi connectivity index (χ1) is 15.3. The molecule has 1 aliphatic heterocycles. The third-order valence-electron chi connectivity index (χ3n) is 5.09. The van der Waals surface area contributed by atoms with E-state index in [2.05, 4.69) is 5.32 Å². The molecule has 0 bridgehead atoms. The molecule has 8 heteroatoms. The van der Waals surface area contributed by atoms with Crippen LogP contribution in [-0.4, -0.2) is 23.4 Å². The molecule has 0 aromatic heterocycles. The fraction of sp³-hybridized carbons (Fsp3) is 0.0833. The van der Waals surface area contributed by atoms with Crippen LogP contribution in [0.25, 0.3) is 0 Å². The predicted molar refractivity (Wildman–Crippen MR) is 118 cm³/mol. The summed E-state index contributed by atoms with van der Waals surface area (Å²) < 4.78 is 5.39. The van der Waals surface area contributed by atoms with Crippen LogP contribution in [0.3, 0.4) is 0 Å². The van der Waals surface area contributed by atoms with Crippen molar-refractivity contribution in [2.24, 2.45) is 5.92 Å². The number of fused-ring (bicyclic) bond motifs is 1. The maximum absolute atomic E-state index is 13.4. The van der Waals surface area contributed by atoms with E-state index in [1.807, 2.05) is 0 Å². The Bertz CT molecular complexity index is 1240. The Balaban J connectivity index is 1.71. The number of esters is 1. The molecule has 3 aromatic rings. The van der Waals surface area contributed by atoms with Crippen LogP contribution in [-0.2, 0) is 14.3 Å². The first-order valence-corrected chi connectivity index (χ1v) is 10.0. The van der Waals surface area contributed by atoms with E-state index in [0.29, 0.717) is 22.0 Å². The summed E-state index contributed by atoms with van der Waals surface area (Å²) in [4.78, 5) is 51.7. The number of hydrogen-bond donors (Lipinski definition) is 2. The van der Waals surface area contributed by atoms with Crippen LogP contribution in [0.1, 0.15) is 32.4 Å². The number of ketones is 2. The maximum atomic E-state index is 13.4. The van der Waals surface area contributed by atoms with E-state index in [1.54, 1.807) is 42.5 Å². The Morgan fingerprint density at radius 2 is 1.69 bits per heavy atom. The van der Waals surface area contributed by atoms with Gasteiger partial charge < -0.3 is 15.8 Å². The largest absolute Gasteiger partial charge is 0.453 e. The van der Waals surface area contributed by atoms with Crippen LogP contribution in [0.15, 0.2) is 72.8 Å². The smallest absolute Gasteiger partial charge is 0.339 e. The minimum absolute atomic E-state index is 0.128. The zero-order chi connectivity index (χ0) is 22.8. The van der Waals surface area contributed by atoms with E-state index < -0.39 is 35.5 Å². The first kappa shape index (κ1) is 21.3. The molecule has 1 heterocycles. The second-order valence-corrected chi connectivity index (χ2v) is 7.64. The lowest BCUT2D eigenvalue weighted by molar-refractivity contribution is -0.138. The number of nitrogens with two attached hydrogens (primary N) is 1. The van der Waals surface area contributed by atoms with Crippen molar-refractivity contribution in [3.63, 3.8) is 0 Å². The van der Waals surface area contributed by atoms with Gasteiger partial charge >= 0.3 is 5.97 Å². The highest BCUT2D eigenvalue weighted by atomic mass is 35.5. The quantitative estimate of drug-likeness (QED) is 0.194. The number of nitrogens with one attached hydrogen (secondary N) is 1. The van der Waals surface area contributed by atoms with Crippen molar-refractivity contribution in [1.29, 1.82) is 0 Å². The summed E-state index contributed by atoms with van der Waals surface area (Å²) in [5, 5.41) is 2.92. The molecule has 0 spiro atoms. The van der Waals surface area contributed by atoms with Gasteiger partial charge in [0, 0.05) is 27.5 Å². The predicted octanol–water partition coefficient (Wildman–Crippen LogP) is 3.84. The number of nitrogen functional groups attached to an aromatic ring is 1. The number of ether oxygens (including phenoxy) is 1. The van der Waals surface area contributed by atoms with Crippen LogP contribution in [0.4, 0.5) is 11.4 Å². The number of benzene rings is 3. The molecule has 160 valence electrons. The lowest BCUT2D eigenvalue weighted by atomic mass is 9.84. The van der Waals surface area contributed by atoms with Gasteiger partial charge in [-0.2, -0.15) is 0 Å². The highest BCUT2D eigenvalue weighted by Crippen LogP contribution is 2.38. The number of carbonyl (C=O) groups is 4. The number of amides is 1. The van der Waals surface area contributed by atoms with Gasteiger partial charge in [-0.15, -0.1) is 0 Å². The molecule has 32 heavy (non-hydrogen) atoms. The molecular weight excluding hydrogens is 432 g/mol. The Morgan fingerprint density at radius 3 is 2.41 bits per heavy atom. The van der Waals surface area contributed by atoms with Crippen molar-refractivity contribution < 1.29 is 23.9 Å². The van der Waals surface area contributed by atoms with Crippen LogP contribution < -0.4 is 11.1 Å². The molecule has 1 aliphatic rings. The number of hydrogen-bond acceptors (Lipinski definition) is 6. The number of Topliss-reactive ketones (excluding diaryl/α,β-unsaturated/α-hetero) is 2. The maximum Gasteiger partial charge on any atom is 0.339 e. The van der Waals surface area contributed by atoms with Crippen molar-refractivity contribution in [1.82, 2.24) is 0 Å². The third kappa shape index (κ3) is 4.10. The first-order valence-electron chi connectivity index (χ1n) is 9.65. The van der Waals surface area contributed by atoms with Gasteiger partial charge in [0.15, 0.2) is 5.78 Å². The van der Waals surface area contributed by atoms with Gasteiger partial charge in [0.2, 0.25) is 5.78 Å². The summed E-state index contributed by atoms with van der Waals surface area (Å²) in [6.45, 7) is 0. The minimum Gasteiger partial charge on any atom is -0.453 e. The molecule has 1 amide bonds. The van der Waals surface area contributed by atoms with Crippen molar-refractivity contribution >= 4 is 46.4 Å². The van der Waals surface area contributed by atoms with Gasteiger partial charge in [0.05, 0.1) is 5.56 Å². The van der Waals surface area contributed by atoms with Crippen molar-refractivity contribution in [3.05, 3.63) is 94.5 Å². The normalized spacial score (nSPS) is 15.4. The highest BCUT2D eigenvalue weighted by molar-refractivity contribution is 6.45. The van der Waals surface area contributed by atoms with Gasteiger partial charge in [-0.05, 0) is 42.5 Å². The average molecular weight is 449 g/mol. The van der Waals surface area contributed by atoms with Crippen LogP contribution in [0.2, 0.25) is 5.02 Å². The highest BCUT2D eigenvalue weighted by Gasteiger charge is 2.46. The second kappa shape index (κ2) is 8.64. The topological polar surface area (TPSA) is 116 Å². The molecule has 0 unspecified atom stereocenters. The van der Waals surface area contributed by atoms with E-state index >= 15 is 0 Å². The van der Waals surface area contributed by atoms with Crippen molar-refractivity contribution in [3.8, 4) is 0 Å². The fourth-order valence-corrected chi connectivity index (χ4v) is 3.68. The molecule has 3 N–H and O–H groups in total. The summed E-state index contributed by atoms with van der Waals surface area (Å²) in [5.74, 6) is -4.99. The molecule has 7 nitrogen and oxygen atoms in total. The summed E-state index contributed by atoms with van der Waals surface area (Å²) in [5.41, 5.74) is 7.17. The van der Waals surface area contributed by atoms with Gasteiger partial charge in [-0.1, -0.05) is 41.9 Å². The Labute approximate surface area is 188 Å². The average Bonchev–Trinajstić information content (AvgIpc) is 3.11. The fourth-order valence-electron chi connectivity index (χ4n) is 3.55. The lowest BCUT2D eigenvalue weighted by Gasteiger charge is -2.21. The third-order valence-corrected chi connectivity index (χ3v) is 5.34. The zero-order valence-corrected chi connectivity index (χ0v) is 17.3. The van der Waals surface area contributed by atoms with E-state index in [1.165, 1.54) is 30.3 Å². The van der Waals surface area contributed by atoms with Gasteiger partial charge in [-0.25, -0.2) is 4.79 Å². The number of rotatable bonds is 6. The van der Waals surface area contributed by atoms with Crippen molar-refractivity contribution in [2.45, 2.75) is 6.10 Å². The number of cyclic esters (lactones) is 1. The molecule has 0 saturated carbocycles. The van der Waals surface area contributed by atoms with E-state index in [0.717, 1.165) is 0 Å². The summed E-state index contributed by atoms with van der Waals surface area (Å²) in [7, 11) is 0. The molecule has 2 atom stereocenters. The van der Waals surface area contributed by atoms with E-state index in [-0.39, 0.29) is 11.1 Å². The number of carbonyl (C=O) groups excluding carboxylic acids is 4. The SMILES string of the molecule is Nc1cccc(C(=O)[C@@H](C(=O)C(=O)Nc2ccc(Cl)cc2)[C@H]2OC(=O)c3ccccc32)c1. The Kier molecular flexibility index (Phi) is 5.75. The van der Waals surface area contributed by atoms with Crippen LogP contribution in [0, 0.1) is 5.92 Å². The second-order valence-electron chi connectivity index (χ2n) is 7.21. The van der Waals surface area contributed by atoms with E-state index in [4.69, 9.17) is 22.1 Å². The van der Waals surface area contributed by atoms with Crippen molar-refractivity contribution in [2.75, 3.05) is 11.1 Å². The monoisotopic (exact) mass is 448 g/mol. The molecule has 0 saturated heterocycles. The van der Waals surface area contributed by atoms with Gasteiger partial charge in [0.25, 0.3) is 5.91 Å². The number of halogens is 1. The summed E-state index contributed by atoms with van der Waals surface area (Å²) in [6, 6.07) is 18.6. The lowest BCUT2D eigenvalue weighted by Crippen LogP contribution is -2.38. The van der Waals surface area contributed by atoms with E-state index in [9.17, 15) is 19.2 Å². The Hall–Kier alpha value is -3.97. The van der Waals surface area contributed by atoms with Crippen LogP contribution in [0.5, 0.6) is 0 Å². The Morgan fingerprint density at radius 1 is 0.969 bits per heavy atom. The molecule has 0 radical (unpaired) electrons.